The Balaban J connectivity index is 1.50. The molecule has 3 aromatic rings. The molecule has 0 spiro atoms. The number of hydrogen-bond donors (Lipinski definition) is 0. The third kappa shape index (κ3) is 8.77. The number of rotatable bonds is 14. The van der Waals surface area contributed by atoms with Crippen molar-refractivity contribution in [3.63, 3.8) is 0 Å². The minimum atomic E-state index is -4.41. The maximum atomic E-state index is 14.0. The largest absolute Gasteiger partial charge is 0.619 e. The highest BCUT2D eigenvalue weighted by Gasteiger charge is 2.40. The number of sulfonamides is 2. The van der Waals surface area contributed by atoms with Gasteiger partial charge >= 0.3 is 12.6 Å². The molecular formula is C32H35Cl2F2N3O9S2. The van der Waals surface area contributed by atoms with Crippen LogP contribution in [-0.2, 0) is 36.0 Å². The van der Waals surface area contributed by atoms with Crippen molar-refractivity contribution < 1.29 is 49.4 Å². The molecule has 1 saturated heterocycles. The van der Waals surface area contributed by atoms with Crippen LogP contribution in [0.15, 0.2) is 64.6 Å². The molecule has 50 heavy (non-hydrogen) atoms. The Labute approximate surface area is 299 Å². The number of halogens is 4. The number of benzene rings is 2. The summed E-state index contributed by atoms with van der Waals surface area (Å²) in [5, 5.41) is 11.9. The van der Waals surface area contributed by atoms with Gasteiger partial charge in [-0.05, 0) is 73.9 Å². The second kappa shape index (κ2) is 15.5. The fraction of sp³-hybridized carbons (Fsp3) is 0.438. The van der Waals surface area contributed by atoms with E-state index in [4.69, 9.17) is 32.7 Å². The van der Waals surface area contributed by atoms with E-state index in [9.17, 15) is 35.6 Å². The average molecular weight is 779 g/mol. The molecule has 1 aliphatic carbocycles. The minimum Gasteiger partial charge on any atom is -0.619 e. The Morgan fingerprint density at radius 2 is 1.68 bits per heavy atom. The summed E-state index contributed by atoms with van der Waals surface area (Å²) in [6.07, 6.45) is 3.58. The fourth-order valence-corrected chi connectivity index (χ4v) is 8.76. The van der Waals surface area contributed by atoms with Gasteiger partial charge in [0.1, 0.15) is 22.2 Å². The number of piperidine rings is 1. The predicted molar refractivity (Wildman–Crippen MR) is 178 cm³/mol. The first kappa shape index (κ1) is 38.0. The lowest BCUT2D eigenvalue weighted by molar-refractivity contribution is -0.605. The van der Waals surface area contributed by atoms with Gasteiger partial charge in [0.2, 0.25) is 20.0 Å². The second-order valence-electron chi connectivity index (χ2n) is 12.2. The SMILES string of the molecule is CN(C)S(=O)(=O)c1cccc(S(=O)(=O)N2CCCCC2C(=O)OC(Cc2c(Cl)c[n+]([O-])cc2Cl)c2ccc(OC(F)F)c(OCC3CC3)c2)c1. The zero-order chi connectivity index (χ0) is 36.4. The van der Waals surface area contributed by atoms with E-state index in [1.807, 2.05) is 0 Å². The highest BCUT2D eigenvalue weighted by molar-refractivity contribution is 7.90. The summed E-state index contributed by atoms with van der Waals surface area (Å²) in [5.41, 5.74) is 0.502. The van der Waals surface area contributed by atoms with Crippen LogP contribution < -0.4 is 14.2 Å². The van der Waals surface area contributed by atoms with Crippen LogP contribution in [-0.4, -0.2) is 71.3 Å². The summed E-state index contributed by atoms with van der Waals surface area (Å²) >= 11 is 12.7. The molecule has 2 atom stereocenters. The van der Waals surface area contributed by atoms with Crippen LogP contribution >= 0.6 is 23.2 Å². The first-order chi connectivity index (χ1) is 23.6. The Morgan fingerprint density at radius 3 is 2.32 bits per heavy atom. The molecular weight excluding hydrogens is 743 g/mol. The number of hydrogen-bond acceptors (Lipinski definition) is 9. The molecule has 2 aromatic carbocycles. The fourth-order valence-electron chi connectivity index (χ4n) is 5.45. The molecule has 2 unspecified atom stereocenters. The Bertz CT molecular complexity index is 1930. The predicted octanol–water partition coefficient (Wildman–Crippen LogP) is 5.34. The van der Waals surface area contributed by atoms with Gasteiger partial charge in [-0.3, -0.25) is 4.79 Å². The minimum absolute atomic E-state index is 0.0205. The zero-order valence-corrected chi connectivity index (χ0v) is 30.2. The van der Waals surface area contributed by atoms with Gasteiger partial charge in [-0.25, -0.2) is 21.1 Å². The smallest absolute Gasteiger partial charge is 0.387 e. The lowest BCUT2D eigenvalue weighted by atomic mass is 10.0. The number of carbonyl (C=O) groups is 1. The summed E-state index contributed by atoms with van der Waals surface area (Å²) in [6.45, 7) is -2.93. The van der Waals surface area contributed by atoms with Gasteiger partial charge in [-0.1, -0.05) is 35.3 Å². The Hall–Kier alpha value is -3.28. The average Bonchev–Trinajstić information content (AvgIpc) is 3.90. The number of esters is 1. The van der Waals surface area contributed by atoms with Crippen molar-refractivity contribution >= 4 is 49.2 Å². The van der Waals surface area contributed by atoms with Crippen molar-refractivity contribution in [3.8, 4) is 11.5 Å². The highest BCUT2D eigenvalue weighted by Crippen LogP contribution is 2.38. The second-order valence-corrected chi connectivity index (χ2v) is 17.0. The molecule has 272 valence electrons. The molecule has 18 heteroatoms. The summed E-state index contributed by atoms with van der Waals surface area (Å²) in [4.78, 5) is 13.5. The van der Waals surface area contributed by atoms with Crippen molar-refractivity contribution in [2.75, 3.05) is 27.2 Å². The number of nitrogens with zero attached hydrogens (tertiary/aromatic N) is 3. The normalized spacial score (nSPS) is 17.9. The topological polar surface area (TPSA) is 146 Å². The molecule has 0 N–H and O–H groups in total. The van der Waals surface area contributed by atoms with Gasteiger partial charge in [0, 0.05) is 32.6 Å². The van der Waals surface area contributed by atoms with Crippen LogP contribution in [0.5, 0.6) is 11.5 Å². The van der Waals surface area contributed by atoms with E-state index in [0.717, 1.165) is 39.9 Å². The van der Waals surface area contributed by atoms with Gasteiger partial charge in [0.05, 0.1) is 16.4 Å². The number of aromatic nitrogens is 1. The van der Waals surface area contributed by atoms with Crippen LogP contribution in [0.3, 0.4) is 0 Å². The van der Waals surface area contributed by atoms with Crippen molar-refractivity contribution in [2.24, 2.45) is 5.92 Å². The maximum absolute atomic E-state index is 14.0. The summed E-state index contributed by atoms with van der Waals surface area (Å²) in [7, 11) is -5.75. The van der Waals surface area contributed by atoms with E-state index >= 15 is 0 Å². The molecule has 0 bridgehead atoms. The third-order valence-electron chi connectivity index (χ3n) is 8.35. The van der Waals surface area contributed by atoms with E-state index in [0.29, 0.717) is 17.6 Å². The van der Waals surface area contributed by atoms with E-state index in [2.05, 4.69) is 4.74 Å². The van der Waals surface area contributed by atoms with Crippen molar-refractivity contribution in [2.45, 2.75) is 67.1 Å². The molecule has 2 fully saturated rings. The lowest BCUT2D eigenvalue weighted by Crippen LogP contribution is -2.48. The van der Waals surface area contributed by atoms with Gasteiger partial charge < -0.3 is 19.4 Å². The molecule has 1 aromatic heterocycles. The van der Waals surface area contributed by atoms with Gasteiger partial charge in [-0.15, -0.1) is 0 Å². The van der Waals surface area contributed by atoms with E-state index < -0.39 is 44.8 Å². The van der Waals surface area contributed by atoms with Crippen LogP contribution in [0.2, 0.25) is 10.0 Å². The third-order valence-corrected chi connectivity index (χ3v) is 12.7. The van der Waals surface area contributed by atoms with E-state index in [1.165, 1.54) is 50.5 Å². The molecule has 5 rings (SSSR count). The van der Waals surface area contributed by atoms with Crippen LogP contribution in [0, 0.1) is 11.1 Å². The van der Waals surface area contributed by atoms with Crippen molar-refractivity contribution in [1.82, 2.24) is 8.61 Å². The number of ether oxygens (including phenoxy) is 3. The lowest BCUT2D eigenvalue weighted by Gasteiger charge is -2.34. The van der Waals surface area contributed by atoms with Crippen LogP contribution in [0.4, 0.5) is 8.78 Å². The van der Waals surface area contributed by atoms with Crippen molar-refractivity contribution in [1.29, 1.82) is 0 Å². The Morgan fingerprint density at radius 1 is 1.00 bits per heavy atom. The number of carbonyl (C=O) groups excluding carboxylic acids is 1. The molecule has 2 heterocycles. The molecule has 0 amide bonds. The molecule has 0 radical (unpaired) electrons. The van der Waals surface area contributed by atoms with Crippen LogP contribution in [0.25, 0.3) is 0 Å². The van der Waals surface area contributed by atoms with Crippen LogP contribution in [0.1, 0.15) is 49.3 Å². The molecule has 1 saturated carbocycles. The van der Waals surface area contributed by atoms with Crippen molar-refractivity contribution in [3.05, 3.63) is 81.2 Å². The Kier molecular flexibility index (Phi) is 11.8. The molecule has 1 aliphatic heterocycles. The monoisotopic (exact) mass is 777 g/mol. The van der Waals surface area contributed by atoms with E-state index in [1.54, 1.807) is 0 Å². The van der Waals surface area contributed by atoms with Gasteiger partial charge in [0.25, 0.3) is 0 Å². The summed E-state index contributed by atoms with van der Waals surface area (Å²) in [5.74, 6) is -0.922. The standard InChI is InChI=1S/C32H35Cl2F2N3O9S2/c1-37(2)49(42,43)22-6-5-7-23(15-22)50(44,45)39-13-4-3-8-27(39)31(40)47-29(16-24-25(33)17-38(41)18-26(24)34)21-11-12-28(48-32(35)36)30(14-21)46-19-20-9-10-20/h5-7,11-12,14-15,17-18,20,27,29,32H,3-4,8-10,13,16,19H2,1-2H3. The number of alkyl halides is 2. The summed E-state index contributed by atoms with van der Waals surface area (Å²) in [6, 6.07) is 7.59. The van der Waals surface area contributed by atoms with Gasteiger partial charge in [0.15, 0.2) is 23.9 Å². The number of pyridine rings is 1. The van der Waals surface area contributed by atoms with Gasteiger partial charge in [-0.2, -0.15) is 17.8 Å². The zero-order valence-electron chi connectivity index (χ0n) is 27.0. The first-order valence-electron chi connectivity index (χ1n) is 15.6. The molecule has 12 nitrogen and oxygen atoms in total. The molecule has 2 aliphatic rings. The highest BCUT2D eigenvalue weighted by atomic mass is 35.5. The summed E-state index contributed by atoms with van der Waals surface area (Å²) < 4.78 is 98.8. The first-order valence-corrected chi connectivity index (χ1v) is 19.2. The van der Waals surface area contributed by atoms with E-state index in [-0.39, 0.29) is 74.4 Å². The quantitative estimate of drug-likeness (QED) is 0.120. The maximum Gasteiger partial charge on any atom is 0.387 e.